The number of carboxylic acid groups (broad SMARTS) is 1. The second kappa shape index (κ2) is 15.6. The summed E-state index contributed by atoms with van der Waals surface area (Å²) in [5.41, 5.74) is -0.245. The summed E-state index contributed by atoms with van der Waals surface area (Å²) in [4.78, 5) is 24.3. The van der Waals surface area contributed by atoms with Gasteiger partial charge in [0, 0.05) is 43.9 Å². The highest BCUT2D eigenvalue weighted by Crippen LogP contribution is 2.36. The number of carbonyl (C=O) groups excluding carboxylic acids is 1. The summed E-state index contributed by atoms with van der Waals surface area (Å²) in [5.74, 6) is -3.05. The van der Waals surface area contributed by atoms with Crippen molar-refractivity contribution < 1.29 is 67.4 Å². The van der Waals surface area contributed by atoms with E-state index in [2.05, 4.69) is 35.9 Å². The van der Waals surface area contributed by atoms with Crippen molar-refractivity contribution in [1.29, 1.82) is 0 Å². The largest absolute Gasteiger partial charge is 0.484 e. The van der Waals surface area contributed by atoms with Crippen molar-refractivity contribution in [3.63, 3.8) is 0 Å². The van der Waals surface area contributed by atoms with Crippen LogP contribution in [-0.4, -0.2) is 98.1 Å². The molecule has 0 fully saturated rings. The maximum atomic E-state index is 13.6. The Kier molecular flexibility index (Phi) is 11.7. The molecule has 272 valence electrons. The van der Waals surface area contributed by atoms with Gasteiger partial charge in [0.15, 0.2) is 19.8 Å². The summed E-state index contributed by atoms with van der Waals surface area (Å²) < 4.78 is 103. The first-order valence-corrected chi connectivity index (χ1v) is 19.7. The van der Waals surface area contributed by atoms with Crippen LogP contribution in [0.5, 0.6) is 17.2 Å². The fourth-order valence-corrected chi connectivity index (χ4v) is 5.04. The number of benzene rings is 1. The summed E-state index contributed by atoms with van der Waals surface area (Å²) in [7, 11) is -11.5. The van der Waals surface area contributed by atoms with Crippen LogP contribution in [0.4, 0.5) is 0 Å². The molecular formula is C25H29N7O15S3. The number of sulfone groups is 3. The molecule has 0 aliphatic rings. The molecule has 1 amide bonds. The van der Waals surface area contributed by atoms with E-state index >= 15 is 0 Å². The van der Waals surface area contributed by atoms with Crippen molar-refractivity contribution in [2.45, 2.75) is 61.2 Å². The van der Waals surface area contributed by atoms with Crippen LogP contribution in [0.3, 0.4) is 0 Å². The molecule has 4 aromatic rings. The molecule has 3 heterocycles. The Balaban J connectivity index is 1.67. The summed E-state index contributed by atoms with van der Waals surface area (Å²) in [6.07, 6.45) is 3.81. The maximum Gasteiger partial charge on any atom is 0.335 e. The minimum Gasteiger partial charge on any atom is -0.484 e. The highest BCUT2D eigenvalue weighted by Gasteiger charge is 2.25. The molecule has 4 rings (SSSR count). The summed E-state index contributed by atoms with van der Waals surface area (Å²) >= 11 is 0. The van der Waals surface area contributed by atoms with Crippen LogP contribution in [0.15, 0.2) is 41.1 Å². The van der Waals surface area contributed by atoms with E-state index in [4.69, 9.17) is 32.6 Å². The summed E-state index contributed by atoms with van der Waals surface area (Å²) in [6, 6.07) is 2.45. The number of nitrogens with zero attached hydrogens (tertiary/aromatic N) is 6. The SMILES string of the molecule is CS(=O)(=O)c1nnc(COc2cc(OCc3nnc(S(C)(=O)=O)o3)c(C(=O)NCCCCCC(=O)O)c(OCc3nnc(S(C)(=O)=O)o3)c2)o1. The smallest absolute Gasteiger partial charge is 0.335 e. The van der Waals surface area contributed by atoms with Gasteiger partial charge in [0.2, 0.25) is 29.5 Å². The molecule has 0 unspecified atom stereocenters. The second-order valence-corrected chi connectivity index (χ2v) is 16.0. The quantitative estimate of drug-likeness (QED) is 0.120. The highest BCUT2D eigenvalue weighted by atomic mass is 32.2. The molecule has 50 heavy (non-hydrogen) atoms. The molecule has 0 saturated heterocycles. The fraction of sp³-hybridized carbons (Fsp3) is 0.440. The lowest BCUT2D eigenvalue weighted by molar-refractivity contribution is -0.137. The zero-order chi connectivity index (χ0) is 36.7. The van der Waals surface area contributed by atoms with Crippen molar-refractivity contribution >= 4 is 41.4 Å². The summed E-state index contributed by atoms with van der Waals surface area (Å²) in [6.45, 7) is -1.46. The molecule has 2 N–H and O–H groups in total. The van der Waals surface area contributed by atoms with E-state index in [-0.39, 0.29) is 53.4 Å². The number of carbonyl (C=O) groups is 2. The first kappa shape index (κ1) is 37.6. The molecule has 3 aromatic heterocycles. The Morgan fingerprint density at radius 3 is 1.46 bits per heavy atom. The van der Waals surface area contributed by atoms with Crippen molar-refractivity contribution in [3.05, 3.63) is 35.4 Å². The van der Waals surface area contributed by atoms with Gasteiger partial charge in [-0.05, 0) is 12.8 Å². The van der Waals surface area contributed by atoms with Crippen LogP contribution in [0.2, 0.25) is 0 Å². The van der Waals surface area contributed by atoms with Crippen molar-refractivity contribution in [3.8, 4) is 17.2 Å². The van der Waals surface area contributed by atoms with Gasteiger partial charge in [-0.2, -0.15) is 0 Å². The van der Waals surface area contributed by atoms with E-state index in [1.165, 1.54) is 12.1 Å². The monoisotopic (exact) mass is 763 g/mol. The van der Waals surface area contributed by atoms with Gasteiger partial charge in [0.25, 0.3) is 23.6 Å². The second-order valence-electron chi connectivity index (χ2n) is 10.3. The van der Waals surface area contributed by atoms with Crippen molar-refractivity contribution in [1.82, 2.24) is 35.9 Å². The van der Waals surface area contributed by atoms with Crippen LogP contribution in [0.1, 0.15) is 53.7 Å². The first-order chi connectivity index (χ1) is 23.4. The van der Waals surface area contributed by atoms with Gasteiger partial charge >= 0.3 is 21.6 Å². The van der Waals surface area contributed by atoms with Gasteiger partial charge < -0.3 is 37.9 Å². The third kappa shape index (κ3) is 10.7. The normalized spacial score (nSPS) is 12.1. The Bertz CT molecular complexity index is 2080. The number of carboxylic acids is 1. The minimum absolute atomic E-state index is 0.0437. The van der Waals surface area contributed by atoms with Crippen LogP contribution >= 0.6 is 0 Å². The van der Waals surface area contributed by atoms with E-state index in [9.17, 15) is 34.8 Å². The number of amides is 1. The number of unbranched alkanes of at least 4 members (excludes halogenated alkanes) is 2. The van der Waals surface area contributed by atoms with E-state index in [1.54, 1.807) is 0 Å². The third-order valence-corrected chi connectivity index (χ3v) is 8.38. The van der Waals surface area contributed by atoms with E-state index in [0.717, 1.165) is 18.8 Å². The fourth-order valence-electron chi connectivity index (χ4n) is 3.73. The molecule has 0 radical (unpaired) electrons. The Labute approximate surface area is 283 Å². The van der Waals surface area contributed by atoms with Gasteiger partial charge in [0.05, 0.1) is 0 Å². The third-order valence-electron chi connectivity index (χ3n) is 5.98. The van der Waals surface area contributed by atoms with Crippen molar-refractivity contribution in [2.24, 2.45) is 0 Å². The zero-order valence-corrected chi connectivity index (χ0v) is 28.8. The number of ether oxygens (including phenoxy) is 3. The molecule has 0 saturated carbocycles. The van der Waals surface area contributed by atoms with Crippen LogP contribution in [-0.2, 0) is 54.1 Å². The summed E-state index contributed by atoms with van der Waals surface area (Å²) in [5, 5.41) is 30.7. The molecule has 0 aliphatic carbocycles. The topological polar surface area (TPSA) is 313 Å². The van der Waals surface area contributed by atoms with Gasteiger partial charge in [-0.3, -0.25) is 9.59 Å². The molecule has 25 heteroatoms. The predicted octanol–water partition coefficient (Wildman–Crippen LogP) is 0.158. The number of aliphatic carboxylic acids is 1. The zero-order valence-electron chi connectivity index (χ0n) is 26.4. The first-order valence-electron chi connectivity index (χ1n) is 14.0. The van der Waals surface area contributed by atoms with E-state index < -0.39 is 76.9 Å². The molecule has 1 aromatic carbocycles. The van der Waals surface area contributed by atoms with Crippen molar-refractivity contribution in [2.75, 3.05) is 25.3 Å². The number of nitrogens with one attached hydrogen (secondary N) is 1. The highest BCUT2D eigenvalue weighted by molar-refractivity contribution is 7.90. The van der Waals surface area contributed by atoms with E-state index in [0.29, 0.717) is 19.3 Å². The Morgan fingerprint density at radius 2 is 1.08 bits per heavy atom. The Hall–Kier alpha value is -5.17. The van der Waals surface area contributed by atoms with Gasteiger partial charge in [-0.1, -0.05) is 21.7 Å². The Morgan fingerprint density at radius 1 is 0.660 bits per heavy atom. The van der Waals surface area contributed by atoms with Crippen LogP contribution < -0.4 is 19.5 Å². The lowest BCUT2D eigenvalue weighted by Gasteiger charge is -2.17. The predicted molar refractivity (Wildman–Crippen MR) is 160 cm³/mol. The molecule has 0 atom stereocenters. The standard InChI is InChI=1S/C25H29N7O15S3/c1-48(36,37)23-30-27-17(45-23)11-42-14-9-15(43-12-18-28-31-24(46-18)49(2,38)39)21(22(35)26-8-6-4-5-7-20(33)34)16(10-14)44-13-19-29-32-25(47-19)50(3,40)41/h9-10H,4-8,11-13H2,1-3H3,(H,26,35)(H,33,34). The number of rotatable bonds is 19. The molecule has 0 bridgehead atoms. The molecular weight excluding hydrogens is 735 g/mol. The average molecular weight is 764 g/mol. The lowest BCUT2D eigenvalue weighted by atomic mass is 10.1. The van der Waals surface area contributed by atoms with Gasteiger partial charge in [0.1, 0.15) is 22.8 Å². The van der Waals surface area contributed by atoms with Crippen LogP contribution in [0.25, 0.3) is 0 Å². The van der Waals surface area contributed by atoms with E-state index in [1.807, 2.05) is 0 Å². The van der Waals surface area contributed by atoms with Gasteiger partial charge in [-0.25, -0.2) is 25.3 Å². The maximum absolute atomic E-state index is 13.6. The molecule has 22 nitrogen and oxygen atoms in total. The molecule has 0 spiro atoms. The average Bonchev–Trinajstić information content (AvgIpc) is 3.80. The van der Waals surface area contributed by atoms with Crippen LogP contribution in [0, 0.1) is 0 Å². The molecule has 0 aliphatic heterocycles. The number of hydrogen-bond donors (Lipinski definition) is 2. The lowest BCUT2D eigenvalue weighted by Crippen LogP contribution is -2.26. The minimum atomic E-state index is -3.85. The number of hydrogen-bond acceptors (Lipinski definition) is 20. The number of aromatic nitrogens is 6. The van der Waals surface area contributed by atoms with Gasteiger partial charge in [-0.15, -0.1) is 15.3 Å².